The lowest BCUT2D eigenvalue weighted by Gasteiger charge is -2.29. The average Bonchev–Trinajstić information content (AvgIpc) is 2.50. The molecule has 1 atom stereocenters. The Morgan fingerprint density at radius 2 is 2.28 bits per heavy atom. The van der Waals surface area contributed by atoms with Gasteiger partial charge in [-0.3, -0.25) is 0 Å². The van der Waals surface area contributed by atoms with Gasteiger partial charge in [-0.15, -0.1) is 0 Å². The van der Waals surface area contributed by atoms with Crippen molar-refractivity contribution in [2.24, 2.45) is 0 Å². The summed E-state index contributed by atoms with van der Waals surface area (Å²) < 4.78 is 0. The van der Waals surface area contributed by atoms with Gasteiger partial charge in [-0.2, -0.15) is 0 Å². The van der Waals surface area contributed by atoms with Crippen LogP contribution in [0.3, 0.4) is 0 Å². The molecule has 2 rings (SSSR count). The summed E-state index contributed by atoms with van der Waals surface area (Å²) in [6.07, 6.45) is 2.81. The predicted molar refractivity (Wildman–Crippen MR) is 74.1 cm³/mol. The Balaban J connectivity index is 2.24. The van der Waals surface area contributed by atoms with Crippen LogP contribution in [0.4, 0.5) is 5.82 Å². The van der Waals surface area contributed by atoms with E-state index < -0.39 is 0 Å². The number of aliphatic hydroxyl groups is 1. The number of rotatable bonds is 2. The molecule has 1 aromatic heterocycles. The third-order valence-corrected chi connectivity index (χ3v) is 3.66. The van der Waals surface area contributed by atoms with Gasteiger partial charge in [0.25, 0.3) is 0 Å². The van der Waals surface area contributed by atoms with Crippen molar-refractivity contribution in [3.8, 4) is 0 Å². The Bertz CT molecular complexity index is 413. The zero-order valence-electron chi connectivity index (χ0n) is 10.9. The number of pyridine rings is 1. The molecule has 100 valence electrons. The van der Waals surface area contributed by atoms with Gasteiger partial charge in [0.1, 0.15) is 5.82 Å². The fourth-order valence-electron chi connectivity index (χ4n) is 2.46. The van der Waals surface area contributed by atoms with Crippen molar-refractivity contribution in [3.05, 3.63) is 22.8 Å². The lowest BCUT2D eigenvalue weighted by molar-refractivity contribution is 0.281. The van der Waals surface area contributed by atoms with E-state index in [4.69, 9.17) is 16.7 Å². The first-order valence-electron chi connectivity index (χ1n) is 6.32. The lowest BCUT2D eigenvalue weighted by Crippen LogP contribution is -2.38. The van der Waals surface area contributed by atoms with Gasteiger partial charge in [0.05, 0.1) is 11.6 Å². The van der Waals surface area contributed by atoms with Crippen LogP contribution in [0.2, 0.25) is 5.02 Å². The van der Waals surface area contributed by atoms with Crippen molar-refractivity contribution in [3.63, 3.8) is 0 Å². The molecule has 1 aromatic rings. The smallest absolute Gasteiger partial charge is 0.147 e. The summed E-state index contributed by atoms with van der Waals surface area (Å²) >= 11 is 6.27. The van der Waals surface area contributed by atoms with Crippen LogP contribution >= 0.6 is 11.6 Å². The molecule has 0 aliphatic carbocycles. The molecule has 0 saturated carbocycles. The number of aliphatic hydroxyl groups excluding tert-OH is 1. The van der Waals surface area contributed by atoms with Crippen LogP contribution in [0.25, 0.3) is 0 Å². The fourth-order valence-corrected chi connectivity index (χ4v) is 2.75. The molecular formula is C13H20ClN3O. The van der Waals surface area contributed by atoms with Crippen LogP contribution in [-0.4, -0.2) is 47.7 Å². The van der Waals surface area contributed by atoms with Crippen molar-refractivity contribution in [2.45, 2.75) is 26.0 Å². The molecule has 1 fully saturated rings. The van der Waals surface area contributed by atoms with Gasteiger partial charge in [-0.05, 0) is 38.6 Å². The molecule has 0 amide bonds. The van der Waals surface area contributed by atoms with Crippen molar-refractivity contribution < 1.29 is 5.11 Å². The molecule has 2 heterocycles. The molecular weight excluding hydrogens is 250 g/mol. The van der Waals surface area contributed by atoms with E-state index in [0.717, 1.165) is 37.4 Å². The van der Waals surface area contributed by atoms with Crippen LogP contribution in [0, 0.1) is 0 Å². The molecule has 0 bridgehead atoms. The molecule has 1 aliphatic rings. The van der Waals surface area contributed by atoms with E-state index in [1.807, 2.05) is 0 Å². The number of anilines is 1. The van der Waals surface area contributed by atoms with Gasteiger partial charge in [0.2, 0.25) is 0 Å². The minimum absolute atomic E-state index is 0.0225. The highest BCUT2D eigenvalue weighted by Crippen LogP contribution is 2.27. The van der Waals surface area contributed by atoms with Crippen LogP contribution in [0.1, 0.15) is 18.9 Å². The largest absolute Gasteiger partial charge is 0.392 e. The molecule has 1 saturated heterocycles. The molecule has 1 unspecified atom stereocenters. The second-order valence-electron chi connectivity index (χ2n) is 4.97. The molecule has 5 heteroatoms. The van der Waals surface area contributed by atoms with Crippen LogP contribution in [0.15, 0.2) is 12.3 Å². The summed E-state index contributed by atoms with van der Waals surface area (Å²) in [6, 6.07) is 2.19. The van der Waals surface area contributed by atoms with Crippen molar-refractivity contribution in [2.75, 3.05) is 31.6 Å². The number of nitrogens with zero attached hydrogens (tertiary/aromatic N) is 3. The minimum atomic E-state index is -0.0225. The van der Waals surface area contributed by atoms with E-state index >= 15 is 0 Å². The first-order valence-corrected chi connectivity index (χ1v) is 6.70. The normalized spacial score (nSPS) is 22.0. The summed E-state index contributed by atoms with van der Waals surface area (Å²) in [5.41, 5.74) is 0.753. The third kappa shape index (κ3) is 2.94. The molecule has 0 radical (unpaired) electrons. The molecule has 0 spiro atoms. The lowest BCUT2D eigenvalue weighted by atomic mass is 10.2. The first-order chi connectivity index (χ1) is 8.61. The van der Waals surface area contributed by atoms with E-state index in [9.17, 15) is 0 Å². The Hall–Kier alpha value is -0.840. The molecule has 1 N–H and O–H groups in total. The zero-order valence-corrected chi connectivity index (χ0v) is 11.7. The quantitative estimate of drug-likeness (QED) is 0.888. The monoisotopic (exact) mass is 269 g/mol. The number of halogens is 1. The van der Waals surface area contributed by atoms with Crippen molar-refractivity contribution >= 4 is 17.4 Å². The fraction of sp³-hybridized carbons (Fsp3) is 0.615. The Labute approximate surface area is 113 Å². The van der Waals surface area contributed by atoms with E-state index in [1.54, 1.807) is 12.3 Å². The van der Waals surface area contributed by atoms with E-state index in [1.165, 1.54) is 0 Å². The topological polar surface area (TPSA) is 39.6 Å². The highest BCUT2D eigenvalue weighted by atomic mass is 35.5. The van der Waals surface area contributed by atoms with Gasteiger partial charge in [0.15, 0.2) is 0 Å². The van der Waals surface area contributed by atoms with Crippen LogP contribution in [-0.2, 0) is 6.61 Å². The molecule has 18 heavy (non-hydrogen) atoms. The molecule has 1 aliphatic heterocycles. The Kier molecular flexibility index (Phi) is 4.43. The summed E-state index contributed by atoms with van der Waals surface area (Å²) in [7, 11) is 2.14. The maximum atomic E-state index is 9.08. The third-order valence-electron chi connectivity index (χ3n) is 3.38. The standard InChI is InChI=1S/C13H20ClN3O/c1-10-8-16(2)4-3-5-17(10)13-12(14)6-11(9-18)7-15-13/h6-7,10,18H,3-5,8-9H2,1-2H3. The first kappa shape index (κ1) is 13.6. The van der Waals surface area contributed by atoms with Crippen LogP contribution in [0.5, 0.6) is 0 Å². The summed E-state index contributed by atoms with van der Waals surface area (Å²) in [6.45, 7) is 5.26. The van der Waals surface area contributed by atoms with Gasteiger partial charge in [-0.25, -0.2) is 4.98 Å². The number of hydrogen-bond donors (Lipinski definition) is 1. The second kappa shape index (κ2) is 5.87. The maximum absolute atomic E-state index is 9.08. The van der Waals surface area contributed by atoms with E-state index in [0.29, 0.717) is 11.1 Å². The van der Waals surface area contributed by atoms with Gasteiger partial charge >= 0.3 is 0 Å². The zero-order chi connectivity index (χ0) is 13.1. The summed E-state index contributed by atoms with van der Waals surface area (Å²) in [4.78, 5) is 9.00. The highest BCUT2D eigenvalue weighted by Gasteiger charge is 2.22. The summed E-state index contributed by atoms with van der Waals surface area (Å²) in [5.74, 6) is 0.830. The van der Waals surface area contributed by atoms with Gasteiger partial charge in [-0.1, -0.05) is 11.6 Å². The molecule has 0 aromatic carbocycles. The van der Waals surface area contributed by atoms with Crippen molar-refractivity contribution in [1.29, 1.82) is 0 Å². The summed E-state index contributed by atoms with van der Waals surface area (Å²) in [5, 5.41) is 9.70. The Morgan fingerprint density at radius 1 is 1.50 bits per heavy atom. The Morgan fingerprint density at radius 3 is 2.94 bits per heavy atom. The second-order valence-corrected chi connectivity index (χ2v) is 5.37. The van der Waals surface area contributed by atoms with Crippen molar-refractivity contribution in [1.82, 2.24) is 9.88 Å². The molecule has 4 nitrogen and oxygen atoms in total. The average molecular weight is 270 g/mol. The minimum Gasteiger partial charge on any atom is -0.392 e. The predicted octanol–water partition coefficient (Wildman–Crippen LogP) is 1.76. The van der Waals surface area contributed by atoms with Crippen LogP contribution < -0.4 is 4.90 Å². The number of hydrogen-bond acceptors (Lipinski definition) is 4. The number of likely N-dealkylation sites (N-methyl/N-ethyl adjacent to an activating group) is 1. The van der Waals surface area contributed by atoms with E-state index in [2.05, 4.69) is 28.8 Å². The van der Waals surface area contributed by atoms with Gasteiger partial charge < -0.3 is 14.9 Å². The SMILES string of the molecule is CC1CN(C)CCCN1c1ncc(CO)cc1Cl. The maximum Gasteiger partial charge on any atom is 0.147 e. The number of aromatic nitrogens is 1. The highest BCUT2D eigenvalue weighted by molar-refractivity contribution is 6.33. The van der Waals surface area contributed by atoms with E-state index in [-0.39, 0.29) is 6.61 Å². The van der Waals surface area contributed by atoms with Gasteiger partial charge in [0, 0.05) is 25.3 Å².